The summed E-state index contributed by atoms with van der Waals surface area (Å²) in [7, 11) is 0. The highest BCUT2D eigenvalue weighted by Crippen LogP contribution is 2.14. The lowest BCUT2D eigenvalue weighted by molar-refractivity contribution is 0.967. The van der Waals surface area contributed by atoms with Crippen molar-refractivity contribution in [2.45, 2.75) is 5.79 Å². The van der Waals surface area contributed by atoms with Gasteiger partial charge in [0, 0.05) is 6.54 Å². The number of hydrogen-bond acceptors (Lipinski definition) is 3. The molecule has 2 fully saturated rings. The molecule has 0 aromatic carbocycles. The van der Waals surface area contributed by atoms with Gasteiger partial charge in [-0.1, -0.05) is 0 Å². The van der Waals surface area contributed by atoms with E-state index in [1.165, 1.54) is 0 Å². The monoisotopic (exact) mass is 71.0 g/mol. The summed E-state index contributed by atoms with van der Waals surface area (Å²) in [5, 5.41) is 3.06. The Kier molecular flexibility index (Phi) is 0.140. The molecule has 2 saturated heterocycles. The maximum Gasteiger partial charge on any atom is 0.162 e. The van der Waals surface area contributed by atoms with E-state index in [0.29, 0.717) is 0 Å². The van der Waals surface area contributed by atoms with Crippen LogP contribution in [0.15, 0.2) is 0 Å². The van der Waals surface area contributed by atoms with Crippen LogP contribution in [0.25, 0.3) is 0 Å². The van der Waals surface area contributed by atoms with Gasteiger partial charge in [-0.3, -0.25) is 5.32 Å². The molecule has 0 atom stereocenters. The lowest BCUT2D eigenvalue weighted by Crippen LogP contribution is -1.95. The van der Waals surface area contributed by atoms with Gasteiger partial charge in [0.25, 0.3) is 0 Å². The fourth-order valence-corrected chi connectivity index (χ4v) is 0.341. The Hall–Kier alpha value is -0.120. The normalized spacial score (nSPS) is 38.4. The fraction of sp³-hybridized carbons (Fsp3) is 1.00. The Bertz CT molecular complexity index is 47.8. The first-order valence-corrected chi connectivity index (χ1v) is 1.71. The molecule has 0 radical (unpaired) electrons. The Balaban J connectivity index is 2.30. The second-order valence-electron chi connectivity index (χ2n) is 1.51. The second kappa shape index (κ2) is 0.330. The molecule has 0 amide bonds. The van der Waals surface area contributed by atoms with Crippen molar-refractivity contribution in [3.63, 3.8) is 0 Å². The number of hydrazine groups is 1. The second-order valence-corrected chi connectivity index (χ2v) is 1.51. The summed E-state index contributed by atoms with van der Waals surface area (Å²) in [4.78, 5) is 0. The first kappa shape index (κ1) is 2.12. The smallest absolute Gasteiger partial charge is 0.162 e. The average molecular weight is 71.1 g/mol. The van der Waals surface area contributed by atoms with Crippen molar-refractivity contribution in [2.24, 2.45) is 0 Å². The molecule has 1 spiro atoms. The van der Waals surface area contributed by atoms with Gasteiger partial charge >= 0.3 is 0 Å². The van der Waals surface area contributed by atoms with Gasteiger partial charge in [-0.2, -0.15) is 0 Å². The minimum Gasteiger partial charge on any atom is -0.279 e. The largest absolute Gasteiger partial charge is 0.279 e. The highest BCUT2D eigenvalue weighted by atomic mass is 15.8. The summed E-state index contributed by atoms with van der Waals surface area (Å²) in [6, 6.07) is 0. The van der Waals surface area contributed by atoms with Gasteiger partial charge in [0.1, 0.15) is 0 Å². The maximum absolute atomic E-state index is 3.06. The highest BCUT2D eigenvalue weighted by Gasteiger charge is 2.53. The van der Waals surface area contributed by atoms with Crippen LogP contribution in [0.3, 0.4) is 0 Å². The third-order valence-electron chi connectivity index (χ3n) is 0.957. The molecule has 2 heterocycles. The molecule has 28 valence electrons. The molecule has 3 heteroatoms. The van der Waals surface area contributed by atoms with Crippen molar-refractivity contribution in [2.75, 3.05) is 6.54 Å². The zero-order valence-electron chi connectivity index (χ0n) is 2.71. The van der Waals surface area contributed by atoms with Gasteiger partial charge in [-0.25, -0.2) is 10.9 Å². The van der Waals surface area contributed by atoms with E-state index in [9.17, 15) is 0 Å². The van der Waals surface area contributed by atoms with Crippen LogP contribution in [0.4, 0.5) is 0 Å². The van der Waals surface area contributed by atoms with E-state index in [0.717, 1.165) is 6.54 Å². The van der Waals surface area contributed by atoms with E-state index < -0.39 is 0 Å². The molecule has 2 aliphatic heterocycles. The van der Waals surface area contributed by atoms with Crippen LogP contribution in [0.2, 0.25) is 0 Å². The SMILES string of the molecule is C1NC12NN2. The van der Waals surface area contributed by atoms with E-state index in [4.69, 9.17) is 0 Å². The topological polar surface area (TPSA) is 65.8 Å². The molecular weight excluding hydrogens is 66.0 g/mol. The number of nitrogens with one attached hydrogen (secondary N) is 3. The fourth-order valence-electron chi connectivity index (χ4n) is 0.341. The van der Waals surface area contributed by atoms with Crippen LogP contribution < -0.4 is 16.2 Å². The third kappa shape index (κ3) is 0.140. The van der Waals surface area contributed by atoms with Crippen molar-refractivity contribution >= 4 is 0 Å². The van der Waals surface area contributed by atoms with Gasteiger partial charge in [0.15, 0.2) is 5.79 Å². The Labute approximate surface area is 29.7 Å². The average Bonchev–Trinajstić information content (AvgIpc) is 2.17. The molecule has 3 nitrogen and oxygen atoms in total. The minimum absolute atomic E-state index is 0.250. The predicted octanol–water partition coefficient (Wildman–Crippen LogP) is -1.65. The number of hydrogen-bond donors (Lipinski definition) is 3. The Morgan fingerprint density at radius 3 is 2.00 bits per heavy atom. The van der Waals surface area contributed by atoms with Crippen LogP contribution in [-0.2, 0) is 0 Å². The Morgan fingerprint density at radius 1 is 1.40 bits per heavy atom. The predicted molar refractivity (Wildman–Crippen MR) is 17.0 cm³/mol. The molecule has 0 saturated carbocycles. The lowest BCUT2D eigenvalue weighted by atomic mass is 10.7. The van der Waals surface area contributed by atoms with Crippen molar-refractivity contribution in [1.82, 2.24) is 16.2 Å². The molecule has 5 heavy (non-hydrogen) atoms. The first-order chi connectivity index (χ1) is 2.41. The maximum atomic E-state index is 3.06. The first-order valence-electron chi connectivity index (χ1n) is 1.71. The van der Waals surface area contributed by atoms with Crippen LogP contribution in [-0.4, -0.2) is 12.3 Å². The van der Waals surface area contributed by atoms with Crippen molar-refractivity contribution < 1.29 is 0 Å². The van der Waals surface area contributed by atoms with Gasteiger partial charge in [0.05, 0.1) is 0 Å². The molecule has 3 N–H and O–H groups in total. The van der Waals surface area contributed by atoms with Crippen molar-refractivity contribution in [1.29, 1.82) is 0 Å². The highest BCUT2D eigenvalue weighted by molar-refractivity contribution is 5.06. The third-order valence-corrected chi connectivity index (χ3v) is 0.957. The molecule has 0 bridgehead atoms. The summed E-state index contributed by atoms with van der Waals surface area (Å²) >= 11 is 0. The molecule has 0 unspecified atom stereocenters. The summed E-state index contributed by atoms with van der Waals surface area (Å²) < 4.78 is 0. The van der Waals surface area contributed by atoms with Gasteiger partial charge in [0.2, 0.25) is 0 Å². The van der Waals surface area contributed by atoms with Crippen molar-refractivity contribution in [3.05, 3.63) is 0 Å². The molecule has 2 aliphatic rings. The summed E-state index contributed by atoms with van der Waals surface area (Å²) in [6.07, 6.45) is 0. The van der Waals surface area contributed by atoms with Crippen LogP contribution in [0.5, 0.6) is 0 Å². The van der Waals surface area contributed by atoms with Crippen LogP contribution >= 0.6 is 0 Å². The summed E-state index contributed by atoms with van der Waals surface area (Å²) in [5.74, 6) is 0.250. The van der Waals surface area contributed by atoms with Crippen LogP contribution in [0, 0.1) is 0 Å². The van der Waals surface area contributed by atoms with E-state index >= 15 is 0 Å². The van der Waals surface area contributed by atoms with Gasteiger partial charge < -0.3 is 0 Å². The molecule has 0 aromatic rings. The summed E-state index contributed by atoms with van der Waals surface area (Å²) in [6.45, 7) is 1.09. The van der Waals surface area contributed by atoms with Gasteiger partial charge in [-0.05, 0) is 0 Å². The quantitative estimate of drug-likeness (QED) is 0.300. The van der Waals surface area contributed by atoms with E-state index in [-0.39, 0.29) is 5.79 Å². The van der Waals surface area contributed by atoms with E-state index in [1.807, 2.05) is 0 Å². The molecular formula is C2H5N3. The van der Waals surface area contributed by atoms with Crippen LogP contribution in [0.1, 0.15) is 0 Å². The number of rotatable bonds is 0. The lowest BCUT2D eigenvalue weighted by Gasteiger charge is -1.54. The molecule has 0 aliphatic carbocycles. The van der Waals surface area contributed by atoms with Crippen molar-refractivity contribution in [3.8, 4) is 0 Å². The van der Waals surface area contributed by atoms with Gasteiger partial charge in [-0.15, -0.1) is 0 Å². The summed E-state index contributed by atoms with van der Waals surface area (Å²) in [5.41, 5.74) is 5.85. The molecule has 0 aromatic heterocycles. The zero-order valence-corrected chi connectivity index (χ0v) is 2.71. The minimum atomic E-state index is 0.250. The standard InChI is InChI=1S/C2H5N3/c1-2(3-1)4-5-2/h3-5H,1H2. The molecule has 2 rings (SSSR count). The zero-order chi connectivity index (χ0) is 3.33. The van der Waals surface area contributed by atoms with E-state index in [2.05, 4.69) is 16.2 Å². The van der Waals surface area contributed by atoms with E-state index in [1.54, 1.807) is 0 Å². The Morgan fingerprint density at radius 2 is 2.00 bits per heavy atom.